The van der Waals surface area contributed by atoms with Gasteiger partial charge in [-0.1, -0.05) is 42.5 Å². The lowest BCUT2D eigenvalue weighted by molar-refractivity contribution is -0.137. The third-order valence-corrected chi connectivity index (χ3v) is 4.66. The van der Waals surface area contributed by atoms with Crippen molar-refractivity contribution in [2.75, 3.05) is 10.6 Å². The van der Waals surface area contributed by atoms with E-state index in [0.29, 0.717) is 5.69 Å². The molecular weight excluding hydrogens is 415 g/mol. The zero-order valence-corrected chi connectivity index (χ0v) is 16.3. The summed E-state index contributed by atoms with van der Waals surface area (Å²) >= 11 is 1.12. The van der Waals surface area contributed by atoms with E-state index in [1.807, 2.05) is 30.3 Å². The second-order valence-electron chi connectivity index (χ2n) is 6.15. The molecule has 0 aliphatic heterocycles. The number of nitrogens with zero attached hydrogens (tertiary/aromatic N) is 1. The van der Waals surface area contributed by atoms with Crippen molar-refractivity contribution in [2.24, 2.45) is 0 Å². The third-order valence-electron chi connectivity index (χ3n) is 3.86. The minimum Gasteiger partial charge on any atom is -0.325 e. The summed E-state index contributed by atoms with van der Waals surface area (Å²) in [5.74, 6) is -1.03. The lowest BCUT2D eigenvalue weighted by atomic mass is 10.1. The molecule has 2 aromatic carbocycles. The second-order valence-corrected chi connectivity index (χ2v) is 7.00. The number of hydrogen-bond acceptors (Lipinski definition) is 4. The fourth-order valence-corrected chi connectivity index (χ4v) is 3.24. The van der Waals surface area contributed by atoms with Gasteiger partial charge in [0.05, 0.1) is 23.4 Å². The maximum Gasteiger partial charge on any atom is 0.418 e. The maximum atomic E-state index is 13.0. The molecule has 1 aromatic heterocycles. The highest BCUT2D eigenvalue weighted by atomic mass is 32.1. The highest BCUT2D eigenvalue weighted by Crippen LogP contribution is 2.34. The summed E-state index contributed by atoms with van der Waals surface area (Å²) in [7, 11) is 0. The molecule has 2 N–H and O–H groups in total. The first-order valence-electron chi connectivity index (χ1n) is 8.76. The van der Waals surface area contributed by atoms with E-state index in [0.717, 1.165) is 23.0 Å². The number of aromatic nitrogens is 1. The molecule has 3 rings (SSSR count). The van der Waals surface area contributed by atoms with Crippen LogP contribution in [0.3, 0.4) is 0 Å². The number of carbonyl (C=O) groups excluding carboxylic acids is 2. The molecule has 154 valence electrons. The van der Waals surface area contributed by atoms with Gasteiger partial charge in [0.25, 0.3) is 0 Å². The number of para-hydroxylation sites is 1. The van der Waals surface area contributed by atoms with Gasteiger partial charge in [0, 0.05) is 11.5 Å². The number of nitrogens with one attached hydrogen (secondary N) is 2. The third kappa shape index (κ3) is 6.02. The summed E-state index contributed by atoms with van der Waals surface area (Å²) < 4.78 is 39.0. The van der Waals surface area contributed by atoms with E-state index in [2.05, 4.69) is 15.6 Å². The van der Waals surface area contributed by atoms with Crippen LogP contribution in [0, 0.1) is 0 Å². The first-order valence-corrected chi connectivity index (χ1v) is 9.64. The Labute approximate surface area is 174 Å². The summed E-state index contributed by atoms with van der Waals surface area (Å²) in [5, 5.41) is 6.70. The van der Waals surface area contributed by atoms with E-state index < -0.39 is 17.6 Å². The molecule has 1 heterocycles. The predicted octanol–water partition coefficient (Wildman–Crippen LogP) is 5.00. The van der Waals surface area contributed by atoms with Crippen LogP contribution in [-0.2, 0) is 22.2 Å². The van der Waals surface area contributed by atoms with Crippen molar-refractivity contribution in [1.82, 2.24) is 4.98 Å². The number of anilines is 2. The van der Waals surface area contributed by atoms with Crippen molar-refractivity contribution in [2.45, 2.75) is 12.6 Å². The Balaban J connectivity index is 1.57. The van der Waals surface area contributed by atoms with Crippen LogP contribution in [0.5, 0.6) is 0 Å². The number of halogens is 3. The molecule has 0 fully saturated rings. The molecule has 0 atom stereocenters. The molecule has 0 aliphatic rings. The molecule has 0 unspecified atom stereocenters. The van der Waals surface area contributed by atoms with Crippen LogP contribution in [0.25, 0.3) is 6.08 Å². The van der Waals surface area contributed by atoms with Crippen LogP contribution in [0.1, 0.15) is 16.8 Å². The van der Waals surface area contributed by atoms with Crippen molar-refractivity contribution in [3.05, 3.63) is 82.9 Å². The van der Waals surface area contributed by atoms with Gasteiger partial charge in [-0.15, -0.1) is 11.3 Å². The minimum absolute atomic E-state index is 0.224. The van der Waals surface area contributed by atoms with Crippen LogP contribution < -0.4 is 10.6 Å². The van der Waals surface area contributed by atoms with Crippen molar-refractivity contribution < 1.29 is 22.8 Å². The fraction of sp³-hybridized carbons (Fsp3) is 0.0952. The monoisotopic (exact) mass is 431 g/mol. The Morgan fingerprint density at radius 3 is 2.43 bits per heavy atom. The lowest BCUT2D eigenvalue weighted by Crippen LogP contribution is -2.18. The van der Waals surface area contributed by atoms with Crippen LogP contribution >= 0.6 is 11.3 Å². The molecule has 0 radical (unpaired) electrons. The van der Waals surface area contributed by atoms with Crippen molar-refractivity contribution in [3.8, 4) is 0 Å². The number of alkyl halides is 3. The van der Waals surface area contributed by atoms with Crippen LogP contribution in [0.4, 0.5) is 24.0 Å². The number of thiazole rings is 1. The molecule has 0 bridgehead atoms. The van der Waals surface area contributed by atoms with Gasteiger partial charge in [0.2, 0.25) is 11.8 Å². The molecule has 0 saturated carbocycles. The Morgan fingerprint density at radius 2 is 1.70 bits per heavy atom. The quantitative estimate of drug-likeness (QED) is 0.540. The number of rotatable bonds is 6. The molecule has 2 amide bonds. The van der Waals surface area contributed by atoms with Gasteiger partial charge >= 0.3 is 6.18 Å². The average Bonchev–Trinajstić information content (AvgIpc) is 3.13. The van der Waals surface area contributed by atoms with Crippen molar-refractivity contribution >= 4 is 40.0 Å². The van der Waals surface area contributed by atoms with Crippen molar-refractivity contribution in [1.29, 1.82) is 0 Å². The standard InChI is InChI=1S/C21H16F3N3O2S/c22-21(23,24)16-8-4-5-9-17(16)26-19(29)12-15-13-30-20(25-15)27-18(28)11-10-14-6-2-1-3-7-14/h1-11,13H,12H2,(H,26,29)(H,25,27,28)/b11-10+. The van der Waals surface area contributed by atoms with E-state index in [1.54, 1.807) is 11.5 Å². The molecule has 9 heteroatoms. The predicted molar refractivity (Wildman–Crippen MR) is 110 cm³/mol. The van der Waals surface area contributed by atoms with Crippen molar-refractivity contribution in [3.63, 3.8) is 0 Å². The zero-order valence-electron chi connectivity index (χ0n) is 15.4. The Bertz CT molecular complexity index is 1060. The van der Waals surface area contributed by atoms with Crippen LogP contribution in [-0.4, -0.2) is 16.8 Å². The summed E-state index contributed by atoms with van der Waals surface area (Å²) in [5.41, 5.74) is -0.0350. The van der Waals surface area contributed by atoms with Gasteiger partial charge in [-0.2, -0.15) is 13.2 Å². The summed E-state index contributed by atoms with van der Waals surface area (Å²) in [6.45, 7) is 0. The fourth-order valence-electron chi connectivity index (χ4n) is 2.53. The smallest absolute Gasteiger partial charge is 0.325 e. The van der Waals surface area contributed by atoms with E-state index in [4.69, 9.17) is 0 Å². The number of amides is 2. The Kier molecular flexibility index (Phi) is 6.63. The van der Waals surface area contributed by atoms with Gasteiger partial charge < -0.3 is 5.32 Å². The largest absolute Gasteiger partial charge is 0.418 e. The average molecular weight is 431 g/mol. The molecule has 3 aromatic rings. The minimum atomic E-state index is -4.57. The molecular formula is C21H16F3N3O2S. The zero-order chi connectivity index (χ0) is 21.6. The summed E-state index contributed by atoms with van der Waals surface area (Å²) in [4.78, 5) is 28.2. The molecule has 0 spiro atoms. The molecule has 0 saturated heterocycles. The van der Waals surface area contributed by atoms with E-state index in [1.165, 1.54) is 24.3 Å². The molecule has 0 aliphatic carbocycles. The number of carbonyl (C=O) groups is 2. The molecule has 30 heavy (non-hydrogen) atoms. The SMILES string of the molecule is O=C(/C=C/c1ccccc1)Nc1nc(CC(=O)Nc2ccccc2C(F)(F)F)cs1. The van der Waals surface area contributed by atoms with Crippen LogP contribution in [0.15, 0.2) is 66.1 Å². The first-order chi connectivity index (χ1) is 14.3. The van der Waals surface area contributed by atoms with Gasteiger partial charge in [0.1, 0.15) is 0 Å². The van der Waals surface area contributed by atoms with Gasteiger partial charge in [-0.05, 0) is 23.8 Å². The second kappa shape index (κ2) is 9.36. The molecule has 5 nitrogen and oxygen atoms in total. The van der Waals surface area contributed by atoms with E-state index >= 15 is 0 Å². The highest BCUT2D eigenvalue weighted by molar-refractivity contribution is 7.14. The normalized spacial score (nSPS) is 11.4. The summed E-state index contributed by atoms with van der Waals surface area (Å²) in [6, 6.07) is 14.0. The lowest BCUT2D eigenvalue weighted by Gasteiger charge is -2.13. The summed E-state index contributed by atoms with van der Waals surface area (Å²) in [6.07, 6.45) is -1.79. The van der Waals surface area contributed by atoms with Gasteiger partial charge in [0.15, 0.2) is 5.13 Å². The first kappa shape index (κ1) is 21.3. The van der Waals surface area contributed by atoms with Gasteiger partial charge in [-0.25, -0.2) is 4.98 Å². The van der Waals surface area contributed by atoms with E-state index in [9.17, 15) is 22.8 Å². The topological polar surface area (TPSA) is 71.1 Å². The Hall–Kier alpha value is -3.46. The number of benzene rings is 2. The Morgan fingerprint density at radius 1 is 1.00 bits per heavy atom. The van der Waals surface area contributed by atoms with Gasteiger partial charge in [-0.3, -0.25) is 14.9 Å². The van der Waals surface area contributed by atoms with E-state index in [-0.39, 0.29) is 23.1 Å². The maximum absolute atomic E-state index is 13.0. The highest BCUT2D eigenvalue weighted by Gasteiger charge is 2.33. The number of hydrogen-bond donors (Lipinski definition) is 2. The van der Waals surface area contributed by atoms with Crippen LogP contribution in [0.2, 0.25) is 0 Å².